The third-order valence-electron chi connectivity index (χ3n) is 0.622. The average Bonchev–Trinajstić information content (AvgIpc) is 2.19. The lowest BCUT2D eigenvalue weighted by Gasteiger charge is -1.61. The monoisotopic (exact) mass is 139 g/mol. The highest BCUT2D eigenvalue weighted by molar-refractivity contribution is 7.30. The van der Waals surface area contributed by atoms with Crippen molar-refractivity contribution in [3.05, 3.63) is 0 Å². The Hall–Kier alpha value is 0.110. The lowest BCUT2D eigenvalue weighted by molar-refractivity contribution is 0.405. The summed E-state index contributed by atoms with van der Waals surface area (Å²) in [5.74, 6) is 0. The molecule has 1 rings (SSSR count). The van der Waals surface area contributed by atoms with Crippen molar-refractivity contribution in [3.8, 4) is 0 Å². The van der Waals surface area contributed by atoms with Gasteiger partial charge >= 0.3 is 8.25 Å². The zero-order valence-corrected chi connectivity index (χ0v) is 5.37. The summed E-state index contributed by atoms with van der Waals surface area (Å²) in [5.41, 5.74) is 5.22. The van der Waals surface area contributed by atoms with E-state index in [9.17, 15) is 0 Å². The molecule has 0 aromatic carbocycles. The van der Waals surface area contributed by atoms with Gasteiger partial charge in [-0.2, -0.15) is 0 Å². The van der Waals surface area contributed by atoms with Crippen molar-refractivity contribution in [2.45, 2.75) is 18.9 Å². The van der Waals surface area contributed by atoms with E-state index < -0.39 is 8.25 Å². The summed E-state index contributed by atoms with van der Waals surface area (Å²) < 4.78 is 8.74. The number of rotatable bonds is 0. The molecule has 4 nitrogen and oxygen atoms in total. The van der Waals surface area contributed by atoms with E-state index in [1.165, 1.54) is 12.8 Å². The first-order valence-corrected chi connectivity index (χ1v) is 3.60. The largest absolute Gasteiger partial charge is 0.328 e. The van der Waals surface area contributed by atoms with Gasteiger partial charge in [0.25, 0.3) is 0 Å². The molecule has 0 aromatic rings. The van der Waals surface area contributed by atoms with Gasteiger partial charge in [-0.15, -0.1) is 0 Å². The summed E-state index contributed by atoms with van der Waals surface area (Å²) in [6, 6.07) is 0.583. The summed E-state index contributed by atoms with van der Waals surface area (Å²) in [7, 11) is -3.13. The first kappa shape index (κ1) is 8.11. The molecule has 1 aliphatic carbocycles. The molecule has 0 bridgehead atoms. The summed E-state index contributed by atoms with van der Waals surface area (Å²) in [6.07, 6.45) is 2.53. The zero-order chi connectivity index (χ0) is 6.57. The molecule has 0 radical (unpaired) electrons. The Morgan fingerprint density at radius 3 is 1.62 bits per heavy atom. The molecule has 50 valence electrons. The van der Waals surface area contributed by atoms with Crippen LogP contribution < -0.4 is 5.73 Å². The van der Waals surface area contributed by atoms with Gasteiger partial charge < -0.3 is 15.5 Å². The maximum atomic E-state index is 8.74. The Bertz CT molecular complexity index is 78.6. The van der Waals surface area contributed by atoms with Crippen molar-refractivity contribution in [1.29, 1.82) is 0 Å². The van der Waals surface area contributed by atoms with Crippen molar-refractivity contribution in [2.75, 3.05) is 0 Å². The molecule has 1 saturated carbocycles. The Morgan fingerprint density at radius 2 is 1.62 bits per heavy atom. The summed E-state index contributed by atoms with van der Waals surface area (Å²) in [5, 5.41) is 0. The van der Waals surface area contributed by atoms with Crippen LogP contribution in [0.4, 0.5) is 0 Å². The van der Waals surface area contributed by atoms with Crippen molar-refractivity contribution in [2.24, 2.45) is 5.73 Å². The second-order valence-electron chi connectivity index (χ2n) is 1.62. The second kappa shape index (κ2) is 4.04. The van der Waals surface area contributed by atoms with Gasteiger partial charge in [0.1, 0.15) is 0 Å². The van der Waals surface area contributed by atoms with Gasteiger partial charge in [-0.05, 0) is 12.8 Å². The molecule has 8 heavy (non-hydrogen) atoms. The molecule has 1 aliphatic rings. The van der Waals surface area contributed by atoms with Crippen LogP contribution in [0.15, 0.2) is 0 Å². The van der Waals surface area contributed by atoms with E-state index in [-0.39, 0.29) is 0 Å². The zero-order valence-electron chi connectivity index (χ0n) is 4.37. The molecule has 1 fully saturated rings. The highest BCUT2D eigenvalue weighted by Gasteiger charge is 2.13. The molecule has 0 aromatic heterocycles. The van der Waals surface area contributed by atoms with Gasteiger partial charge in [0, 0.05) is 6.04 Å². The van der Waals surface area contributed by atoms with Crippen LogP contribution in [0.25, 0.3) is 0 Å². The highest BCUT2D eigenvalue weighted by Crippen LogP contribution is 2.13. The van der Waals surface area contributed by atoms with E-state index in [4.69, 9.17) is 20.1 Å². The Labute approximate surface area is 48.3 Å². The predicted molar refractivity (Wildman–Crippen MR) is 30.6 cm³/mol. The average molecular weight is 139 g/mol. The lowest BCUT2D eigenvalue weighted by atomic mass is 10.8. The van der Waals surface area contributed by atoms with Crippen LogP contribution in [0.5, 0.6) is 0 Å². The number of nitrogens with two attached hydrogens (primary N) is 1. The van der Waals surface area contributed by atoms with Gasteiger partial charge in [0.05, 0.1) is 0 Å². The summed E-state index contributed by atoms with van der Waals surface area (Å²) in [4.78, 5) is 14.3. The SMILES string of the molecule is NC1CC1.O=[PH](O)O. The molecule has 4 N–H and O–H groups in total. The first-order chi connectivity index (χ1) is 3.63. The van der Waals surface area contributed by atoms with Crippen LogP contribution in [-0.4, -0.2) is 15.8 Å². The van der Waals surface area contributed by atoms with Crippen LogP contribution >= 0.6 is 8.25 Å². The van der Waals surface area contributed by atoms with Gasteiger partial charge in [-0.1, -0.05) is 0 Å². The number of hydrogen-bond acceptors (Lipinski definition) is 2. The Balaban J connectivity index is 0.000000122. The van der Waals surface area contributed by atoms with Crippen molar-refractivity contribution < 1.29 is 14.4 Å². The Kier molecular flexibility index (Phi) is 4.09. The molecule has 0 amide bonds. The fourth-order valence-electron chi connectivity index (χ4n) is 0.0962. The van der Waals surface area contributed by atoms with Crippen LogP contribution in [-0.2, 0) is 4.57 Å². The smallest absolute Gasteiger partial charge is 0.314 e. The van der Waals surface area contributed by atoms with Gasteiger partial charge in [0.15, 0.2) is 0 Å². The van der Waals surface area contributed by atoms with Gasteiger partial charge in [0.2, 0.25) is 0 Å². The van der Waals surface area contributed by atoms with Crippen molar-refractivity contribution >= 4 is 8.25 Å². The third-order valence-corrected chi connectivity index (χ3v) is 0.622. The van der Waals surface area contributed by atoms with E-state index in [1.54, 1.807) is 0 Å². The molecular weight excluding hydrogens is 129 g/mol. The van der Waals surface area contributed by atoms with Crippen molar-refractivity contribution in [3.63, 3.8) is 0 Å². The first-order valence-electron chi connectivity index (χ1n) is 2.30. The lowest BCUT2D eigenvalue weighted by Crippen LogP contribution is -1.94. The van der Waals surface area contributed by atoms with E-state index >= 15 is 0 Å². The molecule has 0 unspecified atom stereocenters. The molecule has 0 spiro atoms. The van der Waals surface area contributed by atoms with Crippen molar-refractivity contribution in [1.82, 2.24) is 0 Å². The number of hydrogen-bond donors (Lipinski definition) is 3. The van der Waals surface area contributed by atoms with E-state index in [2.05, 4.69) is 0 Å². The fourth-order valence-corrected chi connectivity index (χ4v) is 0.0962. The topological polar surface area (TPSA) is 83.6 Å². The molecule has 0 aliphatic heterocycles. The van der Waals surface area contributed by atoms with Crippen LogP contribution in [0.2, 0.25) is 0 Å². The standard InChI is InChI=1S/C3H7N.H3O3P/c4-3-1-2-3;1-4(2)3/h3H,1-2,4H2;4H,(H2,1,2,3). The second-order valence-corrected chi connectivity index (χ2v) is 2.19. The Morgan fingerprint density at radius 1 is 1.50 bits per heavy atom. The van der Waals surface area contributed by atoms with Crippen LogP contribution in [0.1, 0.15) is 12.8 Å². The predicted octanol–water partition coefficient (Wildman–Crippen LogP) is -0.532. The maximum Gasteiger partial charge on any atom is 0.314 e. The molecular formula is C3H10NO3P. The minimum Gasteiger partial charge on any atom is -0.328 e. The molecule has 0 saturated heterocycles. The molecule has 0 atom stereocenters. The van der Waals surface area contributed by atoms with E-state index in [0.717, 1.165) is 0 Å². The van der Waals surface area contributed by atoms with Crippen LogP contribution in [0.3, 0.4) is 0 Å². The third kappa shape index (κ3) is 16.5. The van der Waals surface area contributed by atoms with Crippen LogP contribution in [0, 0.1) is 0 Å². The van der Waals surface area contributed by atoms with E-state index in [1.807, 2.05) is 0 Å². The highest BCUT2D eigenvalue weighted by atomic mass is 31.1. The minimum absolute atomic E-state index is 0.583. The maximum absolute atomic E-state index is 8.74. The quantitative estimate of drug-likeness (QED) is 0.394. The fraction of sp³-hybridized carbons (Fsp3) is 1.00. The minimum atomic E-state index is -3.13. The van der Waals surface area contributed by atoms with Gasteiger partial charge in [-0.25, -0.2) is 0 Å². The molecule has 0 heterocycles. The van der Waals surface area contributed by atoms with E-state index in [0.29, 0.717) is 6.04 Å². The summed E-state index contributed by atoms with van der Waals surface area (Å²) >= 11 is 0. The normalized spacial score (nSPS) is 17.5. The molecule has 5 heteroatoms. The summed E-state index contributed by atoms with van der Waals surface area (Å²) in [6.45, 7) is 0. The van der Waals surface area contributed by atoms with Gasteiger partial charge in [-0.3, -0.25) is 4.57 Å².